The molecule has 0 unspecified atom stereocenters. The molecule has 0 aliphatic heterocycles. The van der Waals surface area contributed by atoms with E-state index >= 15 is 0 Å². The number of ether oxygens (including phenoxy) is 1. The van der Waals surface area contributed by atoms with Crippen molar-refractivity contribution in [3.63, 3.8) is 0 Å². The van der Waals surface area contributed by atoms with Crippen LogP contribution in [0.1, 0.15) is 46.5 Å². The highest BCUT2D eigenvalue weighted by atomic mass is 32.2. The SMILES string of the molecule is CN(C(=O)OC(C)(C)C)S(=O)(=O)CC1CCC(C=O)CC1. The molecule has 1 amide bonds. The molecule has 0 bridgehead atoms. The van der Waals surface area contributed by atoms with Gasteiger partial charge < -0.3 is 9.53 Å². The molecule has 7 heteroatoms. The molecule has 0 aromatic carbocycles. The summed E-state index contributed by atoms with van der Waals surface area (Å²) in [7, 11) is -2.46. The second-order valence-corrected chi connectivity index (χ2v) is 8.69. The maximum Gasteiger partial charge on any atom is 0.423 e. The van der Waals surface area contributed by atoms with E-state index < -0.39 is 21.7 Å². The Kier molecular flexibility index (Phi) is 5.78. The van der Waals surface area contributed by atoms with Gasteiger partial charge in [0.15, 0.2) is 0 Å². The highest BCUT2D eigenvalue weighted by Crippen LogP contribution is 2.29. The first-order chi connectivity index (χ1) is 9.55. The number of carbonyl (C=O) groups is 2. The quantitative estimate of drug-likeness (QED) is 0.742. The summed E-state index contributed by atoms with van der Waals surface area (Å²) in [6.07, 6.45) is 2.93. The largest absolute Gasteiger partial charge is 0.443 e. The lowest BCUT2D eigenvalue weighted by Crippen LogP contribution is -2.40. The Hall–Kier alpha value is -1.11. The molecule has 1 saturated carbocycles. The molecule has 0 atom stereocenters. The fourth-order valence-electron chi connectivity index (χ4n) is 2.34. The third-order valence-corrected chi connectivity index (χ3v) is 5.47. The van der Waals surface area contributed by atoms with E-state index in [2.05, 4.69) is 0 Å². The summed E-state index contributed by atoms with van der Waals surface area (Å²) in [5, 5.41) is 0. The minimum absolute atomic E-state index is 0.00362. The summed E-state index contributed by atoms with van der Waals surface area (Å²) < 4.78 is 30.2. The molecule has 0 spiro atoms. The highest BCUT2D eigenvalue weighted by Gasteiger charge is 2.32. The minimum atomic E-state index is -3.69. The molecular formula is C14H25NO5S. The van der Waals surface area contributed by atoms with Crippen LogP contribution in [-0.4, -0.2) is 43.5 Å². The van der Waals surface area contributed by atoms with Gasteiger partial charge in [-0.05, 0) is 52.4 Å². The summed E-state index contributed by atoms with van der Waals surface area (Å²) in [5.74, 6) is -0.0301. The van der Waals surface area contributed by atoms with Crippen molar-refractivity contribution in [2.75, 3.05) is 12.8 Å². The Morgan fingerprint density at radius 2 is 1.76 bits per heavy atom. The summed E-state index contributed by atoms with van der Waals surface area (Å²) in [6.45, 7) is 5.06. The number of carbonyl (C=O) groups excluding carboxylic acids is 2. The summed E-state index contributed by atoms with van der Waals surface area (Å²) in [5.41, 5.74) is -0.733. The summed E-state index contributed by atoms with van der Waals surface area (Å²) in [6, 6.07) is 0. The van der Waals surface area contributed by atoms with Crippen LogP contribution in [0.3, 0.4) is 0 Å². The van der Waals surface area contributed by atoms with Crippen LogP contribution in [0.15, 0.2) is 0 Å². The highest BCUT2D eigenvalue weighted by molar-refractivity contribution is 7.89. The molecule has 0 aromatic rings. The lowest BCUT2D eigenvalue weighted by atomic mass is 9.84. The van der Waals surface area contributed by atoms with Crippen molar-refractivity contribution in [2.24, 2.45) is 11.8 Å². The van der Waals surface area contributed by atoms with Gasteiger partial charge in [0.1, 0.15) is 11.9 Å². The number of amides is 1. The van der Waals surface area contributed by atoms with Gasteiger partial charge >= 0.3 is 6.09 Å². The van der Waals surface area contributed by atoms with Gasteiger partial charge in [0, 0.05) is 13.0 Å². The first kappa shape index (κ1) is 17.9. The van der Waals surface area contributed by atoms with Crippen molar-refractivity contribution in [3.8, 4) is 0 Å². The lowest BCUT2D eigenvalue weighted by Gasteiger charge is -2.28. The normalized spacial score (nSPS) is 23.4. The predicted octanol–water partition coefficient (Wildman–Crippen LogP) is 2.19. The molecule has 21 heavy (non-hydrogen) atoms. The third kappa shape index (κ3) is 5.65. The molecule has 122 valence electrons. The Morgan fingerprint density at radius 3 is 2.19 bits per heavy atom. The Morgan fingerprint density at radius 1 is 1.24 bits per heavy atom. The van der Waals surface area contributed by atoms with Crippen LogP contribution >= 0.6 is 0 Å². The second kappa shape index (κ2) is 6.77. The number of sulfonamides is 1. The van der Waals surface area contributed by atoms with Gasteiger partial charge in [0.2, 0.25) is 10.0 Å². The smallest absolute Gasteiger partial charge is 0.423 e. The van der Waals surface area contributed by atoms with Crippen LogP contribution in [-0.2, 0) is 19.6 Å². The maximum absolute atomic E-state index is 12.2. The van der Waals surface area contributed by atoms with Gasteiger partial charge in [-0.3, -0.25) is 0 Å². The van der Waals surface area contributed by atoms with E-state index in [1.54, 1.807) is 20.8 Å². The number of aldehydes is 1. The lowest BCUT2D eigenvalue weighted by molar-refractivity contribution is -0.112. The molecule has 0 saturated heterocycles. The fourth-order valence-corrected chi connectivity index (χ4v) is 3.76. The Bertz CT molecular complexity index is 472. The van der Waals surface area contributed by atoms with Gasteiger partial charge in [-0.2, -0.15) is 0 Å². The molecule has 0 aromatic heterocycles. The molecule has 1 rings (SSSR count). The van der Waals surface area contributed by atoms with Gasteiger partial charge in [0.25, 0.3) is 0 Å². The van der Waals surface area contributed by atoms with Gasteiger partial charge in [0.05, 0.1) is 5.75 Å². The average Bonchev–Trinajstić information content (AvgIpc) is 2.36. The van der Waals surface area contributed by atoms with E-state index in [-0.39, 0.29) is 17.6 Å². The number of hydrogen-bond donors (Lipinski definition) is 0. The molecule has 1 aliphatic carbocycles. The molecule has 0 heterocycles. The van der Waals surface area contributed by atoms with Crippen molar-refractivity contribution in [1.82, 2.24) is 4.31 Å². The maximum atomic E-state index is 12.2. The fraction of sp³-hybridized carbons (Fsp3) is 0.857. The number of nitrogens with zero attached hydrogens (tertiary/aromatic N) is 1. The van der Waals surface area contributed by atoms with Gasteiger partial charge in [-0.15, -0.1) is 0 Å². The molecular weight excluding hydrogens is 294 g/mol. The zero-order valence-corrected chi connectivity index (χ0v) is 14.0. The van der Waals surface area contributed by atoms with E-state index in [1.165, 1.54) is 7.05 Å². The topological polar surface area (TPSA) is 80.8 Å². The van der Waals surface area contributed by atoms with Crippen molar-refractivity contribution < 1.29 is 22.7 Å². The molecule has 1 aliphatic rings. The van der Waals surface area contributed by atoms with E-state index in [0.29, 0.717) is 17.1 Å². The summed E-state index contributed by atoms with van der Waals surface area (Å²) >= 11 is 0. The van der Waals surface area contributed by atoms with Crippen molar-refractivity contribution in [3.05, 3.63) is 0 Å². The van der Waals surface area contributed by atoms with E-state index in [9.17, 15) is 18.0 Å². The number of rotatable bonds is 4. The molecule has 0 N–H and O–H groups in total. The van der Waals surface area contributed by atoms with Crippen LogP contribution in [0.5, 0.6) is 0 Å². The zero-order valence-electron chi connectivity index (χ0n) is 13.2. The first-order valence-electron chi connectivity index (χ1n) is 7.20. The van der Waals surface area contributed by atoms with Crippen molar-refractivity contribution in [1.29, 1.82) is 0 Å². The van der Waals surface area contributed by atoms with Gasteiger partial charge in [-0.25, -0.2) is 17.5 Å². The van der Waals surface area contributed by atoms with Crippen molar-refractivity contribution in [2.45, 2.75) is 52.1 Å². The zero-order chi connectivity index (χ0) is 16.3. The van der Waals surface area contributed by atoms with Crippen LogP contribution in [0.2, 0.25) is 0 Å². The van der Waals surface area contributed by atoms with E-state index in [1.807, 2.05) is 0 Å². The average molecular weight is 319 g/mol. The van der Waals surface area contributed by atoms with Crippen LogP contribution in [0.4, 0.5) is 4.79 Å². The molecule has 6 nitrogen and oxygen atoms in total. The minimum Gasteiger partial charge on any atom is -0.443 e. The predicted molar refractivity (Wildman–Crippen MR) is 79.3 cm³/mol. The monoisotopic (exact) mass is 319 g/mol. The molecule has 1 fully saturated rings. The van der Waals surface area contributed by atoms with Gasteiger partial charge in [-0.1, -0.05) is 0 Å². The van der Waals surface area contributed by atoms with E-state index in [0.717, 1.165) is 19.1 Å². The van der Waals surface area contributed by atoms with Crippen molar-refractivity contribution >= 4 is 22.4 Å². The summed E-state index contributed by atoms with van der Waals surface area (Å²) in [4.78, 5) is 22.5. The van der Waals surface area contributed by atoms with Crippen LogP contribution in [0, 0.1) is 11.8 Å². The Balaban J connectivity index is 2.60. The second-order valence-electron chi connectivity index (χ2n) is 6.64. The van der Waals surface area contributed by atoms with E-state index in [4.69, 9.17) is 4.74 Å². The number of hydrogen-bond acceptors (Lipinski definition) is 5. The Labute approximate surface area is 126 Å². The van der Waals surface area contributed by atoms with Crippen LogP contribution in [0.25, 0.3) is 0 Å². The van der Waals surface area contributed by atoms with Crippen LogP contribution < -0.4 is 0 Å². The third-order valence-electron chi connectivity index (χ3n) is 3.60. The standard InChI is InChI=1S/C14H25NO5S/c1-14(2,3)20-13(17)15(4)21(18,19)10-12-7-5-11(9-16)6-8-12/h9,11-12H,5-8,10H2,1-4H3. The first-order valence-corrected chi connectivity index (χ1v) is 8.81. The molecule has 0 radical (unpaired) electrons.